The highest BCUT2D eigenvalue weighted by Gasteiger charge is 2.29. The van der Waals surface area contributed by atoms with Crippen LogP contribution in [0.5, 0.6) is 0 Å². The van der Waals surface area contributed by atoms with E-state index in [1.807, 2.05) is 11.8 Å². The normalized spacial score (nSPS) is 16.4. The monoisotopic (exact) mass is 474 g/mol. The molecule has 1 aliphatic rings. The molecule has 1 saturated heterocycles. The van der Waals surface area contributed by atoms with Crippen LogP contribution in [0.1, 0.15) is 46.8 Å². The van der Waals surface area contributed by atoms with Gasteiger partial charge in [0.15, 0.2) is 0 Å². The van der Waals surface area contributed by atoms with Crippen molar-refractivity contribution in [2.75, 3.05) is 29.3 Å². The van der Waals surface area contributed by atoms with Crippen molar-refractivity contribution in [3.8, 4) is 0 Å². The Hall–Kier alpha value is -3.07. The van der Waals surface area contributed by atoms with Crippen molar-refractivity contribution in [1.29, 1.82) is 0 Å². The van der Waals surface area contributed by atoms with Crippen molar-refractivity contribution in [2.24, 2.45) is 5.92 Å². The number of rotatable bonds is 7. The first-order valence-corrected chi connectivity index (χ1v) is 12.4. The molecule has 2 aromatic carbocycles. The number of carbonyl (C=O) groups excluding carboxylic acids is 1. The Morgan fingerprint density at radius 1 is 1.15 bits per heavy atom. The summed E-state index contributed by atoms with van der Waals surface area (Å²) >= 11 is 0. The Labute approximate surface area is 194 Å². The average molecular weight is 475 g/mol. The lowest BCUT2D eigenvalue weighted by Gasteiger charge is -2.34. The third kappa shape index (κ3) is 5.47. The topological polar surface area (TPSA) is 113 Å². The quantitative estimate of drug-likeness (QED) is 0.585. The molecule has 0 amide bonds. The number of carboxylic acid groups (broad SMARTS) is 1. The Morgan fingerprint density at radius 2 is 1.82 bits per heavy atom. The van der Waals surface area contributed by atoms with E-state index in [4.69, 9.17) is 4.74 Å². The van der Waals surface area contributed by atoms with Crippen LogP contribution in [0.2, 0.25) is 0 Å². The highest BCUT2D eigenvalue weighted by Crippen LogP contribution is 2.31. The number of aromatic carboxylic acids is 1. The number of aryl methyl sites for hydroxylation is 3. The summed E-state index contributed by atoms with van der Waals surface area (Å²) < 4.78 is 33.8. The zero-order chi connectivity index (χ0) is 24.3. The molecule has 8 nitrogen and oxygen atoms in total. The zero-order valence-corrected chi connectivity index (χ0v) is 20.2. The summed E-state index contributed by atoms with van der Waals surface area (Å²) in [6.45, 7) is 8.36. The third-order valence-corrected chi connectivity index (χ3v) is 7.42. The van der Waals surface area contributed by atoms with E-state index in [1.165, 1.54) is 6.07 Å². The molecule has 9 heteroatoms. The maximum Gasteiger partial charge on any atom is 0.337 e. The maximum atomic E-state index is 13.1. The molecule has 1 fully saturated rings. The van der Waals surface area contributed by atoms with Gasteiger partial charge in [-0.25, -0.2) is 13.2 Å². The number of sulfonamides is 1. The van der Waals surface area contributed by atoms with E-state index in [0.717, 1.165) is 12.0 Å². The van der Waals surface area contributed by atoms with Gasteiger partial charge in [0.25, 0.3) is 10.0 Å². The Bertz CT molecular complexity index is 1150. The first-order chi connectivity index (χ1) is 15.5. The van der Waals surface area contributed by atoms with Crippen LogP contribution < -0.4 is 9.62 Å². The van der Waals surface area contributed by atoms with Gasteiger partial charge in [0.05, 0.1) is 28.7 Å². The molecule has 1 heterocycles. The fourth-order valence-electron chi connectivity index (χ4n) is 4.49. The van der Waals surface area contributed by atoms with Crippen LogP contribution in [0.4, 0.5) is 11.4 Å². The zero-order valence-electron chi connectivity index (χ0n) is 19.3. The second-order valence-corrected chi connectivity index (χ2v) is 10.0. The minimum atomic E-state index is -3.92. The number of esters is 1. The molecule has 178 valence electrons. The Morgan fingerprint density at radius 3 is 2.42 bits per heavy atom. The van der Waals surface area contributed by atoms with E-state index in [1.54, 1.807) is 45.0 Å². The van der Waals surface area contributed by atoms with Gasteiger partial charge >= 0.3 is 11.9 Å². The van der Waals surface area contributed by atoms with Crippen LogP contribution in [0, 0.1) is 26.7 Å². The highest BCUT2D eigenvalue weighted by molar-refractivity contribution is 7.92. The second kappa shape index (κ2) is 9.82. The van der Waals surface area contributed by atoms with E-state index in [0.29, 0.717) is 42.9 Å². The van der Waals surface area contributed by atoms with Crippen molar-refractivity contribution < 1.29 is 27.9 Å². The van der Waals surface area contributed by atoms with Gasteiger partial charge in [-0.2, -0.15) is 0 Å². The van der Waals surface area contributed by atoms with Gasteiger partial charge in [0.2, 0.25) is 0 Å². The summed E-state index contributed by atoms with van der Waals surface area (Å²) in [5, 5.41) is 9.82. The number of nitrogens with one attached hydrogen (secondary N) is 1. The van der Waals surface area contributed by atoms with Gasteiger partial charge < -0.3 is 14.7 Å². The molecule has 0 aromatic heterocycles. The summed E-state index contributed by atoms with van der Waals surface area (Å²) in [6.07, 6.45) is 1.41. The summed E-state index contributed by atoms with van der Waals surface area (Å²) in [5.41, 5.74) is 2.78. The fourth-order valence-corrected chi connectivity index (χ4v) is 6.00. The molecule has 3 rings (SSSR count). The number of anilines is 2. The fraction of sp³-hybridized carbons (Fsp3) is 0.417. The van der Waals surface area contributed by atoms with E-state index >= 15 is 0 Å². The first-order valence-electron chi connectivity index (χ1n) is 10.9. The molecule has 2 N–H and O–H groups in total. The number of hydrogen-bond donors (Lipinski definition) is 2. The number of carbonyl (C=O) groups is 2. The predicted octanol–water partition coefficient (Wildman–Crippen LogP) is 3.89. The minimum Gasteiger partial charge on any atom is -0.478 e. The minimum absolute atomic E-state index is 0.0305. The Balaban J connectivity index is 1.91. The summed E-state index contributed by atoms with van der Waals surface area (Å²) in [7, 11) is -3.92. The van der Waals surface area contributed by atoms with Crippen LogP contribution in [0.3, 0.4) is 0 Å². The van der Waals surface area contributed by atoms with Gasteiger partial charge in [-0.15, -0.1) is 0 Å². The lowest BCUT2D eigenvalue weighted by molar-refractivity contribution is -0.148. The van der Waals surface area contributed by atoms with Gasteiger partial charge in [0.1, 0.15) is 0 Å². The molecule has 0 saturated carbocycles. The molecule has 0 bridgehead atoms. The molecular formula is C24H30N2O6S. The molecule has 1 aliphatic heterocycles. The summed E-state index contributed by atoms with van der Waals surface area (Å²) in [5.74, 6) is -1.79. The highest BCUT2D eigenvalue weighted by atomic mass is 32.2. The van der Waals surface area contributed by atoms with E-state index in [-0.39, 0.29) is 28.0 Å². The van der Waals surface area contributed by atoms with Gasteiger partial charge in [0, 0.05) is 18.8 Å². The largest absolute Gasteiger partial charge is 0.478 e. The van der Waals surface area contributed by atoms with E-state index < -0.39 is 16.0 Å². The SMILES string of the molecule is CCOC(=O)C1CCCN(c2ccc(NS(=O)(=O)c3c(C)cc(C)cc3C)cc2C(=O)O)C1. The number of carboxylic acids is 1. The van der Waals surface area contributed by atoms with Crippen LogP contribution in [0.15, 0.2) is 35.2 Å². The molecule has 1 atom stereocenters. The average Bonchev–Trinajstić information content (AvgIpc) is 2.72. The predicted molar refractivity (Wildman–Crippen MR) is 126 cm³/mol. The number of piperidine rings is 1. The first kappa shape index (κ1) is 24.6. The van der Waals surface area contributed by atoms with Gasteiger partial charge in [-0.3, -0.25) is 9.52 Å². The number of ether oxygens (including phenoxy) is 1. The number of hydrogen-bond acceptors (Lipinski definition) is 6. The van der Waals surface area contributed by atoms with Gasteiger partial charge in [-0.05, 0) is 69.9 Å². The number of nitrogens with zero attached hydrogens (tertiary/aromatic N) is 1. The van der Waals surface area contributed by atoms with Gasteiger partial charge in [-0.1, -0.05) is 17.7 Å². The maximum absolute atomic E-state index is 13.1. The summed E-state index contributed by atoms with van der Waals surface area (Å²) in [6, 6.07) is 8.05. The molecule has 33 heavy (non-hydrogen) atoms. The van der Waals surface area contributed by atoms with Crippen LogP contribution in [0.25, 0.3) is 0 Å². The van der Waals surface area contributed by atoms with Crippen LogP contribution in [-0.2, 0) is 19.6 Å². The lowest BCUT2D eigenvalue weighted by Crippen LogP contribution is -2.40. The van der Waals surface area contributed by atoms with Crippen molar-refractivity contribution in [3.63, 3.8) is 0 Å². The molecule has 2 aromatic rings. The van der Waals surface area contributed by atoms with Crippen molar-refractivity contribution in [3.05, 3.63) is 52.6 Å². The Kier molecular flexibility index (Phi) is 7.31. The standard InChI is InChI=1S/C24H30N2O6S/c1-5-32-24(29)18-7-6-10-26(14-18)21-9-8-19(13-20(21)23(27)28)25-33(30,31)22-16(3)11-15(2)12-17(22)4/h8-9,11-13,18,25H,5-7,10,14H2,1-4H3,(H,27,28). The lowest BCUT2D eigenvalue weighted by atomic mass is 9.97. The van der Waals surface area contributed by atoms with Crippen molar-refractivity contribution in [1.82, 2.24) is 0 Å². The smallest absolute Gasteiger partial charge is 0.337 e. The van der Waals surface area contributed by atoms with E-state index in [2.05, 4.69) is 4.72 Å². The van der Waals surface area contributed by atoms with E-state index in [9.17, 15) is 23.1 Å². The third-order valence-electron chi connectivity index (χ3n) is 5.73. The number of benzene rings is 2. The second-order valence-electron chi connectivity index (χ2n) is 8.41. The van der Waals surface area contributed by atoms with Crippen LogP contribution in [-0.4, -0.2) is 45.2 Å². The molecule has 1 unspecified atom stereocenters. The molecule has 0 aliphatic carbocycles. The molecule has 0 spiro atoms. The summed E-state index contributed by atoms with van der Waals surface area (Å²) in [4.78, 5) is 26.2. The van der Waals surface area contributed by atoms with Crippen molar-refractivity contribution in [2.45, 2.75) is 45.4 Å². The van der Waals surface area contributed by atoms with Crippen LogP contribution >= 0.6 is 0 Å². The molecule has 0 radical (unpaired) electrons. The molecular weight excluding hydrogens is 444 g/mol. The van der Waals surface area contributed by atoms with Crippen molar-refractivity contribution >= 4 is 33.3 Å².